The summed E-state index contributed by atoms with van der Waals surface area (Å²) in [6.07, 6.45) is 0. The van der Waals surface area contributed by atoms with Gasteiger partial charge in [0.05, 0.1) is 17.0 Å². The molecule has 2 aliphatic rings. The molecular formula is C53H32N4. The van der Waals surface area contributed by atoms with Crippen LogP contribution in [0.25, 0.3) is 78.7 Å². The van der Waals surface area contributed by atoms with Gasteiger partial charge in [0.2, 0.25) is 0 Å². The van der Waals surface area contributed by atoms with Crippen molar-refractivity contribution in [3.05, 3.63) is 222 Å². The third-order valence-corrected chi connectivity index (χ3v) is 11.6. The number of rotatable bonds is 5. The first-order chi connectivity index (χ1) is 28.2. The van der Waals surface area contributed by atoms with Crippen LogP contribution >= 0.6 is 0 Å². The van der Waals surface area contributed by atoms with Crippen LogP contribution in [0.15, 0.2) is 194 Å². The summed E-state index contributed by atoms with van der Waals surface area (Å²) >= 11 is 0. The highest BCUT2D eigenvalue weighted by atomic mass is 15.0. The van der Waals surface area contributed by atoms with Crippen molar-refractivity contribution in [2.45, 2.75) is 5.41 Å². The molecule has 57 heavy (non-hydrogen) atoms. The maximum Gasteiger partial charge on any atom is 0.164 e. The Bertz CT molecular complexity index is 3010. The van der Waals surface area contributed by atoms with Gasteiger partial charge in [-0.25, -0.2) is 15.0 Å². The molecule has 9 aromatic rings. The summed E-state index contributed by atoms with van der Waals surface area (Å²) in [4.78, 5) is 15.0. The Kier molecular flexibility index (Phi) is 7.42. The van der Waals surface area contributed by atoms with Crippen molar-refractivity contribution >= 4 is 0 Å². The molecule has 11 rings (SSSR count). The minimum Gasteiger partial charge on any atom is -0.208 e. The average Bonchev–Trinajstić information content (AvgIpc) is 3.76. The molecule has 1 heterocycles. The Morgan fingerprint density at radius 3 is 1.28 bits per heavy atom. The van der Waals surface area contributed by atoms with E-state index in [1.807, 2.05) is 42.5 Å². The Morgan fingerprint density at radius 1 is 0.316 bits per heavy atom. The van der Waals surface area contributed by atoms with Crippen LogP contribution in [0.3, 0.4) is 0 Å². The van der Waals surface area contributed by atoms with Crippen molar-refractivity contribution < 1.29 is 0 Å². The lowest BCUT2D eigenvalue weighted by molar-refractivity contribution is 0.794. The number of benzene rings is 8. The zero-order valence-corrected chi connectivity index (χ0v) is 30.8. The fourth-order valence-electron chi connectivity index (χ4n) is 9.00. The summed E-state index contributed by atoms with van der Waals surface area (Å²) in [6.45, 7) is 0. The monoisotopic (exact) mass is 724 g/mol. The number of fused-ring (bicyclic) bond motifs is 10. The minimum atomic E-state index is -0.490. The van der Waals surface area contributed by atoms with E-state index in [0.29, 0.717) is 23.0 Å². The lowest BCUT2D eigenvalue weighted by atomic mass is 9.70. The summed E-state index contributed by atoms with van der Waals surface area (Å²) in [5.74, 6) is 1.88. The van der Waals surface area contributed by atoms with E-state index in [1.54, 1.807) is 0 Å². The molecule has 0 bridgehead atoms. The number of hydrogen-bond donors (Lipinski definition) is 0. The van der Waals surface area contributed by atoms with Gasteiger partial charge in [0, 0.05) is 16.7 Å². The average molecular weight is 725 g/mol. The quantitative estimate of drug-likeness (QED) is 0.177. The largest absolute Gasteiger partial charge is 0.208 e. The second-order valence-corrected chi connectivity index (χ2v) is 14.7. The summed E-state index contributed by atoms with van der Waals surface area (Å²) < 4.78 is 0. The summed E-state index contributed by atoms with van der Waals surface area (Å²) in [7, 11) is 0. The van der Waals surface area contributed by atoms with Gasteiger partial charge in [0.1, 0.15) is 0 Å². The van der Waals surface area contributed by atoms with Gasteiger partial charge in [0.25, 0.3) is 0 Å². The Balaban J connectivity index is 1.01. The minimum absolute atomic E-state index is 0.490. The van der Waals surface area contributed by atoms with Gasteiger partial charge in [-0.2, -0.15) is 5.26 Å². The van der Waals surface area contributed by atoms with Crippen molar-refractivity contribution in [1.29, 1.82) is 5.26 Å². The SMILES string of the molecule is N#Cc1ccc2c(c1)-c1ccc(-c3ccc(-c4nc(-c5ccccc5)nc(-c5ccc(-c6ccccc6)cc5)n4)cc3)cc1C21c2ccccc2-c2ccccc21. The van der Waals surface area contributed by atoms with Crippen LogP contribution in [0.1, 0.15) is 27.8 Å². The van der Waals surface area contributed by atoms with Gasteiger partial charge in [-0.3, -0.25) is 0 Å². The molecule has 0 radical (unpaired) electrons. The maximum atomic E-state index is 9.92. The van der Waals surface area contributed by atoms with Crippen molar-refractivity contribution in [1.82, 2.24) is 15.0 Å². The van der Waals surface area contributed by atoms with Gasteiger partial charge in [-0.1, -0.05) is 176 Å². The molecule has 1 aromatic heterocycles. The topological polar surface area (TPSA) is 62.5 Å². The molecule has 0 aliphatic heterocycles. The zero-order chi connectivity index (χ0) is 37.9. The Labute approximate surface area is 331 Å². The smallest absolute Gasteiger partial charge is 0.164 e. The van der Waals surface area contributed by atoms with E-state index in [2.05, 4.69) is 158 Å². The first-order valence-corrected chi connectivity index (χ1v) is 19.2. The van der Waals surface area contributed by atoms with Crippen LogP contribution in [0.4, 0.5) is 0 Å². The molecule has 0 amide bonds. The maximum absolute atomic E-state index is 9.92. The lowest BCUT2D eigenvalue weighted by Gasteiger charge is -2.30. The summed E-state index contributed by atoms with van der Waals surface area (Å²) in [6, 6.07) is 70.4. The summed E-state index contributed by atoms with van der Waals surface area (Å²) in [5, 5.41) is 9.92. The second kappa shape index (κ2) is 12.9. The zero-order valence-electron chi connectivity index (χ0n) is 30.8. The van der Waals surface area contributed by atoms with E-state index < -0.39 is 5.41 Å². The van der Waals surface area contributed by atoms with E-state index in [0.717, 1.165) is 44.5 Å². The van der Waals surface area contributed by atoms with Crippen molar-refractivity contribution in [3.63, 3.8) is 0 Å². The van der Waals surface area contributed by atoms with Crippen molar-refractivity contribution in [2.75, 3.05) is 0 Å². The number of nitrogens with zero attached hydrogens (tertiary/aromatic N) is 4. The van der Waals surface area contributed by atoms with Gasteiger partial charge >= 0.3 is 0 Å². The molecule has 0 saturated carbocycles. The predicted molar refractivity (Wildman–Crippen MR) is 228 cm³/mol. The highest BCUT2D eigenvalue weighted by Gasteiger charge is 2.51. The molecule has 0 unspecified atom stereocenters. The molecule has 4 nitrogen and oxygen atoms in total. The van der Waals surface area contributed by atoms with E-state index in [4.69, 9.17) is 15.0 Å². The second-order valence-electron chi connectivity index (χ2n) is 14.7. The standard InChI is InChI=1S/C53H32N4/c54-33-34-19-30-48-45(31-34)44-29-28-41(32-49(44)53(48)46-17-9-7-15-42(46)43-16-8-10-18-47(43)53)37-22-26-40(27-23-37)52-56-50(38-13-5-2-6-14-38)55-51(57-52)39-24-20-36(21-25-39)35-11-3-1-4-12-35/h1-32H. The van der Waals surface area contributed by atoms with Gasteiger partial charge in [0.15, 0.2) is 17.5 Å². The first-order valence-electron chi connectivity index (χ1n) is 19.2. The molecule has 1 spiro atoms. The van der Waals surface area contributed by atoms with E-state index in [-0.39, 0.29) is 0 Å². The lowest BCUT2D eigenvalue weighted by Crippen LogP contribution is -2.25. The van der Waals surface area contributed by atoms with Gasteiger partial charge in [-0.15, -0.1) is 0 Å². The van der Waals surface area contributed by atoms with Crippen molar-refractivity contribution in [2.24, 2.45) is 0 Å². The summed E-state index contributed by atoms with van der Waals surface area (Å²) in [5.41, 5.74) is 17.3. The van der Waals surface area contributed by atoms with Crippen LogP contribution in [-0.2, 0) is 5.41 Å². The molecule has 0 fully saturated rings. The van der Waals surface area contributed by atoms with E-state index in [9.17, 15) is 5.26 Å². The van der Waals surface area contributed by atoms with Crippen LogP contribution < -0.4 is 0 Å². The van der Waals surface area contributed by atoms with Crippen LogP contribution in [0.5, 0.6) is 0 Å². The van der Waals surface area contributed by atoms with Crippen LogP contribution in [0, 0.1) is 11.3 Å². The van der Waals surface area contributed by atoms with E-state index >= 15 is 0 Å². The highest BCUT2D eigenvalue weighted by molar-refractivity contribution is 5.96. The highest BCUT2D eigenvalue weighted by Crippen LogP contribution is 2.63. The molecule has 8 aromatic carbocycles. The third kappa shape index (κ3) is 5.10. The third-order valence-electron chi connectivity index (χ3n) is 11.6. The predicted octanol–water partition coefficient (Wildman–Crippen LogP) is 12.4. The Hall–Kier alpha value is -7.74. The number of aromatic nitrogens is 3. The van der Waals surface area contributed by atoms with Gasteiger partial charge < -0.3 is 0 Å². The van der Waals surface area contributed by atoms with E-state index in [1.165, 1.54) is 38.9 Å². The molecule has 0 saturated heterocycles. The normalized spacial score (nSPS) is 12.7. The van der Waals surface area contributed by atoms with Crippen LogP contribution in [0.2, 0.25) is 0 Å². The molecule has 0 N–H and O–H groups in total. The number of nitriles is 1. The van der Waals surface area contributed by atoms with Gasteiger partial charge in [-0.05, 0) is 85.0 Å². The van der Waals surface area contributed by atoms with Crippen molar-refractivity contribution in [3.8, 4) is 84.7 Å². The molecule has 2 aliphatic carbocycles. The molecule has 264 valence electrons. The fraction of sp³-hybridized carbons (Fsp3) is 0.0189. The first kappa shape index (κ1) is 32.7. The van der Waals surface area contributed by atoms with Crippen LogP contribution in [-0.4, -0.2) is 15.0 Å². The molecular weight excluding hydrogens is 693 g/mol. The number of hydrogen-bond acceptors (Lipinski definition) is 4. The molecule has 0 atom stereocenters. The Morgan fingerprint density at radius 2 is 0.719 bits per heavy atom. The molecule has 4 heteroatoms. The fourth-order valence-corrected chi connectivity index (χ4v) is 9.00.